The van der Waals surface area contributed by atoms with Gasteiger partial charge in [0.15, 0.2) is 0 Å². The number of carboxylic acid groups (broad SMARTS) is 1. The van der Waals surface area contributed by atoms with Crippen LogP contribution >= 0.6 is 11.3 Å². The first-order chi connectivity index (χ1) is 10.9. The van der Waals surface area contributed by atoms with Gasteiger partial charge in [-0.2, -0.15) is 5.10 Å². The van der Waals surface area contributed by atoms with E-state index in [9.17, 15) is 9.90 Å². The zero-order valence-corrected chi connectivity index (χ0v) is 14.9. The fraction of sp³-hybridized carbons (Fsp3) is 0.688. The summed E-state index contributed by atoms with van der Waals surface area (Å²) >= 11 is 1.60. The number of rotatable bonds is 4. The Morgan fingerprint density at radius 1 is 1.43 bits per heavy atom. The molecule has 2 aromatic rings. The van der Waals surface area contributed by atoms with Gasteiger partial charge in [-0.05, 0) is 32.6 Å². The van der Waals surface area contributed by atoms with Crippen molar-refractivity contribution in [3.8, 4) is 0 Å². The Labute approximate surface area is 140 Å². The van der Waals surface area contributed by atoms with E-state index in [-0.39, 0.29) is 5.92 Å². The van der Waals surface area contributed by atoms with E-state index in [1.807, 2.05) is 11.4 Å². The fourth-order valence-electron chi connectivity index (χ4n) is 3.31. The number of aliphatic carboxylic acids is 1. The summed E-state index contributed by atoms with van der Waals surface area (Å²) < 4.78 is 1.95. The number of hydrogen-bond donors (Lipinski definition) is 1. The molecule has 2 unspecified atom stereocenters. The van der Waals surface area contributed by atoms with Gasteiger partial charge in [-0.1, -0.05) is 25.2 Å². The summed E-state index contributed by atoms with van der Waals surface area (Å²) in [6, 6.07) is 0.385. The minimum absolute atomic E-state index is 0.269. The van der Waals surface area contributed by atoms with Crippen molar-refractivity contribution in [1.82, 2.24) is 19.5 Å². The van der Waals surface area contributed by atoms with E-state index in [0.29, 0.717) is 25.0 Å². The van der Waals surface area contributed by atoms with Gasteiger partial charge in [0.05, 0.1) is 17.3 Å². The van der Waals surface area contributed by atoms with E-state index in [4.69, 9.17) is 4.98 Å². The lowest BCUT2D eigenvalue weighted by atomic mass is 9.93. The number of likely N-dealkylation sites (tertiary alicyclic amines) is 1. The van der Waals surface area contributed by atoms with Crippen molar-refractivity contribution in [3.05, 3.63) is 16.4 Å². The minimum Gasteiger partial charge on any atom is -0.481 e. The van der Waals surface area contributed by atoms with Gasteiger partial charge in [0.1, 0.15) is 5.01 Å². The predicted octanol–water partition coefficient (Wildman–Crippen LogP) is 2.91. The van der Waals surface area contributed by atoms with Crippen molar-refractivity contribution < 1.29 is 9.90 Å². The summed E-state index contributed by atoms with van der Waals surface area (Å²) in [5, 5.41) is 14.9. The van der Waals surface area contributed by atoms with E-state index in [1.165, 1.54) is 0 Å². The Hall–Kier alpha value is -1.47. The second-order valence-corrected chi connectivity index (χ2v) is 7.96. The molecular weight excluding hydrogens is 312 g/mol. The van der Waals surface area contributed by atoms with Crippen LogP contribution in [0.25, 0.3) is 4.96 Å². The molecule has 3 rings (SSSR count). The van der Waals surface area contributed by atoms with Crippen LogP contribution in [0.15, 0.2) is 0 Å². The number of piperidine rings is 1. The molecule has 1 aliphatic rings. The average Bonchev–Trinajstić information content (AvgIpc) is 2.98. The molecule has 0 saturated carbocycles. The molecule has 7 heteroatoms. The summed E-state index contributed by atoms with van der Waals surface area (Å²) in [5.74, 6) is -0.627. The number of carbonyl (C=O) groups is 1. The molecule has 1 aliphatic heterocycles. The van der Waals surface area contributed by atoms with Crippen LogP contribution in [0.2, 0.25) is 0 Å². The van der Waals surface area contributed by atoms with Gasteiger partial charge in [-0.15, -0.1) is 0 Å². The summed E-state index contributed by atoms with van der Waals surface area (Å²) in [6.07, 6.45) is 1.69. The third-order valence-corrected chi connectivity index (χ3v) is 5.51. The summed E-state index contributed by atoms with van der Waals surface area (Å²) in [6.45, 7) is 9.76. The maximum atomic E-state index is 11.3. The molecule has 0 amide bonds. The lowest BCUT2D eigenvalue weighted by molar-refractivity contribution is -0.144. The van der Waals surface area contributed by atoms with Gasteiger partial charge >= 0.3 is 5.97 Å². The van der Waals surface area contributed by atoms with E-state index >= 15 is 0 Å². The number of carboxylic acids is 1. The first kappa shape index (κ1) is 16.4. The Balaban J connectivity index is 1.92. The van der Waals surface area contributed by atoms with Gasteiger partial charge < -0.3 is 5.11 Å². The Morgan fingerprint density at radius 3 is 2.83 bits per heavy atom. The van der Waals surface area contributed by atoms with Crippen LogP contribution in [0.3, 0.4) is 0 Å². The number of nitrogens with zero attached hydrogens (tertiary/aromatic N) is 4. The predicted molar refractivity (Wildman–Crippen MR) is 89.9 cm³/mol. The number of imidazole rings is 1. The number of aromatic nitrogens is 3. The molecule has 0 aliphatic carbocycles. The van der Waals surface area contributed by atoms with E-state index in [2.05, 4.69) is 30.8 Å². The monoisotopic (exact) mass is 336 g/mol. The van der Waals surface area contributed by atoms with Gasteiger partial charge in [-0.3, -0.25) is 9.69 Å². The lowest BCUT2D eigenvalue weighted by Gasteiger charge is -2.36. The molecule has 1 fully saturated rings. The van der Waals surface area contributed by atoms with Crippen molar-refractivity contribution in [2.75, 3.05) is 6.54 Å². The van der Waals surface area contributed by atoms with Crippen molar-refractivity contribution in [3.63, 3.8) is 0 Å². The van der Waals surface area contributed by atoms with Crippen molar-refractivity contribution >= 4 is 22.3 Å². The summed E-state index contributed by atoms with van der Waals surface area (Å²) in [5.41, 5.74) is 2.19. The average molecular weight is 336 g/mol. The van der Waals surface area contributed by atoms with E-state index in [0.717, 1.165) is 34.2 Å². The second kappa shape index (κ2) is 6.20. The zero-order chi connectivity index (χ0) is 16.7. The van der Waals surface area contributed by atoms with Crippen LogP contribution in [0.1, 0.15) is 55.9 Å². The molecule has 0 spiro atoms. The van der Waals surface area contributed by atoms with Crippen LogP contribution < -0.4 is 0 Å². The Morgan fingerprint density at radius 2 is 2.17 bits per heavy atom. The van der Waals surface area contributed by atoms with Crippen molar-refractivity contribution in [2.24, 2.45) is 5.92 Å². The molecule has 126 valence electrons. The zero-order valence-electron chi connectivity index (χ0n) is 14.1. The largest absolute Gasteiger partial charge is 0.481 e. The first-order valence-corrected chi connectivity index (χ1v) is 9.00. The summed E-state index contributed by atoms with van der Waals surface area (Å²) in [7, 11) is 0. The van der Waals surface area contributed by atoms with E-state index < -0.39 is 5.97 Å². The van der Waals surface area contributed by atoms with Gasteiger partial charge in [0, 0.05) is 19.1 Å². The second-order valence-electron chi connectivity index (χ2n) is 6.80. The first-order valence-electron chi connectivity index (χ1n) is 8.18. The summed E-state index contributed by atoms with van der Waals surface area (Å²) in [4.78, 5) is 19.3. The van der Waals surface area contributed by atoms with Crippen LogP contribution in [0, 0.1) is 12.8 Å². The highest BCUT2D eigenvalue weighted by atomic mass is 32.1. The van der Waals surface area contributed by atoms with Crippen LogP contribution in [0.5, 0.6) is 0 Å². The maximum absolute atomic E-state index is 11.3. The SMILES string of the molecule is Cc1nn2c(CN3CC(C(=O)O)CCC3C)c(C(C)C)nc2s1. The van der Waals surface area contributed by atoms with Crippen LogP contribution in [0.4, 0.5) is 0 Å². The van der Waals surface area contributed by atoms with Gasteiger partial charge in [0.2, 0.25) is 4.96 Å². The molecule has 0 aromatic carbocycles. The molecule has 3 heterocycles. The molecule has 0 bridgehead atoms. The molecule has 23 heavy (non-hydrogen) atoms. The number of fused-ring (bicyclic) bond motifs is 1. The quantitative estimate of drug-likeness (QED) is 0.929. The minimum atomic E-state index is -0.686. The topological polar surface area (TPSA) is 70.7 Å². The molecule has 1 N–H and O–H groups in total. The van der Waals surface area contributed by atoms with E-state index in [1.54, 1.807) is 11.3 Å². The number of aryl methyl sites for hydroxylation is 1. The van der Waals surface area contributed by atoms with Crippen LogP contribution in [-0.2, 0) is 11.3 Å². The van der Waals surface area contributed by atoms with Crippen molar-refractivity contribution in [1.29, 1.82) is 0 Å². The van der Waals surface area contributed by atoms with Crippen molar-refractivity contribution in [2.45, 2.75) is 59.0 Å². The third kappa shape index (κ3) is 3.12. The normalized spacial score (nSPS) is 23.0. The molecule has 2 aromatic heterocycles. The van der Waals surface area contributed by atoms with Gasteiger partial charge in [-0.25, -0.2) is 9.50 Å². The molecule has 6 nitrogen and oxygen atoms in total. The highest BCUT2D eigenvalue weighted by molar-refractivity contribution is 7.16. The number of hydrogen-bond acceptors (Lipinski definition) is 5. The molecule has 2 atom stereocenters. The highest BCUT2D eigenvalue weighted by Crippen LogP contribution is 2.28. The lowest BCUT2D eigenvalue weighted by Crippen LogP contribution is -2.43. The highest BCUT2D eigenvalue weighted by Gasteiger charge is 2.31. The standard InChI is InChI=1S/C16H24N4O2S/c1-9(2)14-13(20-16(17-14)23-11(4)18-20)8-19-7-12(15(21)22)6-5-10(19)3/h9-10,12H,5-8H2,1-4H3,(H,21,22). The Bertz CT molecular complexity index is 721. The van der Waals surface area contributed by atoms with Gasteiger partial charge in [0.25, 0.3) is 0 Å². The molecule has 0 radical (unpaired) electrons. The fourth-order valence-corrected chi connectivity index (χ4v) is 4.07. The smallest absolute Gasteiger partial charge is 0.307 e. The van der Waals surface area contributed by atoms with Crippen LogP contribution in [-0.4, -0.2) is 43.2 Å². The maximum Gasteiger partial charge on any atom is 0.307 e. The molecular formula is C16H24N4O2S. The molecule has 1 saturated heterocycles. The third-order valence-electron chi connectivity index (χ3n) is 4.69. The Kier molecular flexibility index (Phi) is 4.42.